The first-order valence-electron chi connectivity index (χ1n) is 49.4. The summed E-state index contributed by atoms with van der Waals surface area (Å²) in [7, 11) is 0. The molecule has 0 saturated heterocycles. The molecule has 15 heteroatoms. The molecule has 0 fully saturated rings. The first-order valence-corrected chi connectivity index (χ1v) is 49.4. The number of benzene rings is 20. The molecule has 0 atom stereocenters. The first kappa shape index (κ1) is 91.8. The van der Waals surface area contributed by atoms with Crippen molar-refractivity contribution in [2.75, 3.05) is 0 Å². The van der Waals surface area contributed by atoms with Crippen LogP contribution in [-0.4, -0.2) is 44.9 Å². The molecule has 3 aromatic heterocycles. The molecule has 15 nitrogen and oxygen atoms in total. The lowest BCUT2D eigenvalue weighted by Crippen LogP contribution is -2.35. The van der Waals surface area contributed by atoms with E-state index in [1.165, 1.54) is 0 Å². The highest BCUT2D eigenvalue weighted by atomic mass is 16.5. The van der Waals surface area contributed by atoms with E-state index in [2.05, 4.69) is 285 Å². The van der Waals surface area contributed by atoms with Gasteiger partial charge >= 0.3 is 0 Å². The Morgan fingerprint density at radius 1 is 0.160 bits per heavy atom. The van der Waals surface area contributed by atoms with Gasteiger partial charge in [-0.1, -0.05) is 443 Å². The third-order valence-corrected chi connectivity index (χ3v) is 27.9. The number of ether oxygens (including phenoxy) is 3. The van der Waals surface area contributed by atoms with Crippen LogP contribution < -0.4 is 14.2 Å². The van der Waals surface area contributed by atoms with E-state index in [9.17, 15) is 15.8 Å². The molecular weight excluding hydrogens is 1840 g/mol. The number of nitrogens with zero attached hydrogens (tertiary/aromatic N) is 12. The summed E-state index contributed by atoms with van der Waals surface area (Å²) in [6, 6.07) is 183. The second-order valence-corrected chi connectivity index (χ2v) is 36.5. The molecule has 0 unspecified atom stereocenters. The molecule has 20 aromatic carbocycles. The second-order valence-electron chi connectivity index (χ2n) is 36.5. The number of hydrogen-bond acceptors (Lipinski definition) is 15. The average Bonchev–Trinajstić information content (AvgIpc) is 0.704. The van der Waals surface area contributed by atoms with Gasteiger partial charge in [-0.25, -0.2) is 44.9 Å². The minimum absolute atomic E-state index is 0.487. The van der Waals surface area contributed by atoms with Crippen LogP contribution in [0.25, 0.3) is 125 Å². The predicted octanol–water partition coefficient (Wildman–Crippen LogP) is 31.0. The van der Waals surface area contributed by atoms with E-state index < -0.39 is 16.2 Å². The summed E-state index contributed by atoms with van der Waals surface area (Å²) in [4.78, 5) is 45.6. The van der Waals surface area contributed by atoms with Crippen LogP contribution in [0.2, 0.25) is 0 Å². The Hall–Kier alpha value is -20.7. The lowest BCUT2D eigenvalue weighted by atomic mass is 9.62. The molecule has 704 valence electrons. The van der Waals surface area contributed by atoms with E-state index in [4.69, 9.17) is 59.1 Å². The monoisotopic (exact) mass is 1920 g/mol. The van der Waals surface area contributed by atoms with Crippen LogP contribution >= 0.6 is 0 Å². The first-order chi connectivity index (χ1) is 74.2. The summed E-state index contributed by atoms with van der Waals surface area (Å²) < 4.78 is 20.4. The van der Waals surface area contributed by atoms with Crippen molar-refractivity contribution >= 4 is 0 Å². The Morgan fingerprint density at radius 2 is 0.400 bits per heavy atom. The van der Waals surface area contributed by atoms with Crippen molar-refractivity contribution in [2.24, 2.45) is 0 Å². The fourth-order valence-electron chi connectivity index (χ4n) is 21.2. The van der Waals surface area contributed by atoms with Crippen molar-refractivity contribution < 1.29 is 14.2 Å². The molecule has 0 bridgehead atoms. The highest BCUT2D eigenvalue weighted by Crippen LogP contribution is 2.62. The van der Waals surface area contributed by atoms with Gasteiger partial charge < -0.3 is 14.2 Å². The van der Waals surface area contributed by atoms with Crippen LogP contribution in [0, 0.1) is 34.0 Å². The zero-order valence-corrected chi connectivity index (χ0v) is 80.7. The third-order valence-electron chi connectivity index (χ3n) is 27.9. The number of aromatic nitrogens is 9. The summed E-state index contributed by atoms with van der Waals surface area (Å²) in [5.74, 6) is 9.55. The maximum absolute atomic E-state index is 9.64. The maximum Gasteiger partial charge on any atom is 0.164 e. The Balaban J connectivity index is 0.000000120. The summed E-state index contributed by atoms with van der Waals surface area (Å²) in [6.45, 7) is 0. The van der Waals surface area contributed by atoms with Gasteiger partial charge in [-0.3, -0.25) is 0 Å². The third kappa shape index (κ3) is 16.8. The number of fused-ring (bicyclic) bond motifs is 6. The normalized spacial score (nSPS) is 12.6. The van der Waals surface area contributed by atoms with Gasteiger partial charge in [0.15, 0.2) is 52.4 Å². The van der Waals surface area contributed by atoms with Crippen molar-refractivity contribution in [2.45, 2.75) is 16.2 Å². The standard InChI is InChI=1S/2C47H30N4O.C41H26N4O/c48-31-32-27-29-34(30-28-32)45-49-44(33-15-4-1-5-16-33)50-46(51-45)39-22-11-10-21-37(39)38-23-14-25-41-43(38)52-42-26-13-12-24-40(42)47(41,35-17-6-2-7-18-35)36-19-8-3-9-20-36;48-31-32-23-25-33(26-24-32)34-27-29-36(30-28-34)45-49-44(35-13-4-1-5-14-35)50-46(51-45)39-19-12-22-42-43(39)47(37-15-6-2-7-16-37,38-17-8-3-9-18-38)40-20-10-11-21-41(40)52-42;42-27-28-14-12-17-30(26-28)39-43-38(29-15-4-1-5-16-29)44-40(45-39)33-22-13-25-36-37(33)41(31-18-6-2-7-19-31,32-20-8-3-9-21-32)34-23-10-11-24-35(34)46-36/h2*1-30H;1-26H. The molecule has 6 heterocycles. The molecule has 3 aliphatic rings. The SMILES string of the molecule is N#Cc1ccc(-c2ccc(-c3nc(-c4ccccc4)nc(-c4cccc5c4C(c4ccccc4)(c4ccccc4)c4ccccc4O5)n3)cc2)cc1.N#Cc1ccc(-c2nc(-c3ccccc3)nc(-c3ccccc3-c3cccc4c3Oc3ccccc3C4(c3ccccc3)c3ccccc3)n2)cc1.N#Cc1cccc(-c2nc(-c3ccccc3)nc(-c3cccc4c3C(c3ccccc3)(c3ccccc3)c3ccccc3O4)n2)c1. The molecule has 3 aliphatic heterocycles. The fraction of sp³-hybridized carbons (Fsp3) is 0.0222. The quantitative estimate of drug-likeness (QED) is 0.0828. The number of hydrogen-bond donors (Lipinski definition) is 0. The van der Waals surface area contributed by atoms with E-state index in [1.54, 1.807) is 18.2 Å². The van der Waals surface area contributed by atoms with Crippen LogP contribution in [0.4, 0.5) is 0 Å². The van der Waals surface area contributed by atoms with Gasteiger partial charge in [-0.05, 0) is 129 Å². The highest BCUT2D eigenvalue weighted by Gasteiger charge is 2.51. The van der Waals surface area contributed by atoms with Crippen molar-refractivity contribution in [3.05, 3.63) is 605 Å². The zero-order chi connectivity index (χ0) is 101. The predicted molar refractivity (Wildman–Crippen MR) is 589 cm³/mol. The van der Waals surface area contributed by atoms with Crippen molar-refractivity contribution in [1.82, 2.24) is 44.9 Å². The fourth-order valence-corrected chi connectivity index (χ4v) is 21.2. The number of nitriles is 3. The van der Waals surface area contributed by atoms with E-state index in [1.807, 2.05) is 237 Å². The molecule has 0 radical (unpaired) electrons. The molecule has 0 spiro atoms. The molecular formula is C135H86N12O3. The molecule has 0 saturated carbocycles. The van der Waals surface area contributed by atoms with Gasteiger partial charge in [0.1, 0.15) is 34.5 Å². The van der Waals surface area contributed by atoms with Gasteiger partial charge in [0, 0.05) is 89.0 Å². The zero-order valence-electron chi connectivity index (χ0n) is 80.7. The Bertz CT molecular complexity index is 8980. The minimum Gasteiger partial charge on any atom is -0.457 e. The van der Waals surface area contributed by atoms with Crippen molar-refractivity contribution in [3.8, 4) is 177 Å². The molecule has 0 aliphatic carbocycles. The summed E-state index contributed by atoms with van der Waals surface area (Å²) >= 11 is 0. The smallest absolute Gasteiger partial charge is 0.164 e. The lowest BCUT2D eigenvalue weighted by Gasteiger charge is -2.42. The summed E-state index contributed by atoms with van der Waals surface area (Å²) in [5, 5.41) is 28.3. The van der Waals surface area contributed by atoms with E-state index in [0.717, 1.165) is 174 Å². The van der Waals surface area contributed by atoms with Crippen molar-refractivity contribution in [1.29, 1.82) is 15.8 Å². The van der Waals surface area contributed by atoms with E-state index in [-0.39, 0.29) is 0 Å². The van der Waals surface area contributed by atoms with Crippen LogP contribution in [0.15, 0.2) is 522 Å². The number of rotatable bonds is 17. The van der Waals surface area contributed by atoms with Gasteiger partial charge in [-0.2, -0.15) is 15.8 Å². The van der Waals surface area contributed by atoms with E-state index >= 15 is 0 Å². The lowest BCUT2D eigenvalue weighted by molar-refractivity contribution is 0.435. The molecule has 0 amide bonds. The highest BCUT2D eigenvalue weighted by molar-refractivity contribution is 5.90. The number of para-hydroxylation sites is 4. The average molecular weight is 1920 g/mol. The maximum atomic E-state index is 9.64. The molecule has 150 heavy (non-hydrogen) atoms. The van der Waals surface area contributed by atoms with Gasteiger partial charge in [0.25, 0.3) is 0 Å². The topological polar surface area (TPSA) is 215 Å². The Morgan fingerprint density at radius 3 is 0.780 bits per heavy atom. The molecule has 26 rings (SSSR count). The van der Waals surface area contributed by atoms with Crippen molar-refractivity contribution in [3.63, 3.8) is 0 Å². The molecule has 0 N–H and O–H groups in total. The van der Waals surface area contributed by atoms with Gasteiger partial charge in [-0.15, -0.1) is 0 Å². The second kappa shape index (κ2) is 40.2. The summed E-state index contributed by atoms with van der Waals surface area (Å²) in [6.07, 6.45) is 0. The van der Waals surface area contributed by atoms with E-state index in [0.29, 0.717) is 69.1 Å². The summed E-state index contributed by atoms with van der Waals surface area (Å²) in [5.41, 5.74) is 24.0. The molecule has 23 aromatic rings. The van der Waals surface area contributed by atoms with Crippen LogP contribution in [-0.2, 0) is 16.2 Å². The van der Waals surface area contributed by atoms with Gasteiger partial charge in [0.05, 0.1) is 51.1 Å². The largest absolute Gasteiger partial charge is 0.457 e. The Labute approximate surface area is 867 Å². The van der Waals surface area contributed by atoms with Crippen LogP contribution in [0.3, 0.4) is 0 Å². The van der Waals surface area contributed by atoms with Gasteiger partial charge in [0.2, 0.25) is 0 Å². The Kier molecular flexibility index (Phi) is 24.6. The van der Waals surface area contributed by atoms with Crippen LogP contribution in [0.5, 0.6) is 34.5 Å². The van der Waals surface area contributed by atoms with Crippen LogP contribution in [0.1, 0.15) is 83.5 Å². The minimum atomic E-state index is -0.746.